The van der Waals surface area contributed by atoms with E-state index in [1.807, 2.05) is 30.3 Å². The van der Waals surface area contributed by atoms with E-state index in [4.69, 9.17) is 0 Å². The molecule has 3 aromatic rings. The van der Waals surface area contributed by atoms with Gasteiger partial charge in [0.2, 0.25) is 0 Å². The molecule has 2 N–H and O–H groups in total. The first-order valence-electron chi connectivity index (χ1n) is 7.09. The van der Waals surface area contributed by atoms with Crippen LogP contribution in [-0.2, 0) is 0 Å². The van der Waals surface area contributed by atoms with Crippen molar-refractivity contribution >= 4 is 49.7 Å². The fourth-order valence-corrected chi connectivity index (χ4v) is 3.29. The summed E-state index contributed by atoms with van der Waals surface area (Å²) in [5.41, 5.74) is 1.61. The first kappa shape index (κ1) is 16.6. The predicted molar refractivity (Wildman–Crippen MR) is 98.6 cm³/mol. The second-order valence-electron chi connectivity index (χ2n) is 5.00. The van der Waals surface area contributed by atoms with Gasteiger partial charge in [0.1, 0.15) is 10.7 Å². The van der Waals surface area contributed by atoms with Crippen LogP contribution in [0.1, 0.15) is 15.4 Å². The number of hydrogen-bond donors (Lipinski definition) is 2. The van der Waals surface area contributed by atoms with Gasteiger partial charge in [-0.3, -0.25) is 4.79 Å². The molecule has 0 spiro atoms. The van der Waals surface area contributed by atoms with Crippen LogP contribution >= 0.6 is 27.3 Å². The monoisotopic (exact) mass is 405 g/mol. The van der Waals surface area contributed by atoms with Crippen molar-refractivity contribution in [3.63, 3.8) is 0 Å². The fraction of sp³-hybridized carbons (Fsp3) is 0.0588. The molecule has 1 amide bonds. The summed E-state index contributed by atoms with van der Waals surface area (Å²) < 4.78 is 14.5. The lowest BCUT2D eigenvalue weighted by Gasteiger charge is -2.05. The Morgan fingerprint density at radius 2 is 1.96 bits per heavy atom. The minimum absolute atomic E-state index is 0.133. The van der Waals surface area contributed by atoms with Gasteiger partial charge in [0.15, 0.2) is 5.13 Å². The standard InChI is InChI=1S/C17H13BrFN3OS/c1-10-15(16(23)22-14-8-7-11(18)9-13(14)19)24-17(20-10)21-12-5-3-2-4-6-12/h2-9H,1H3,(H,20,21)(H,22,23). The lowest BCUT2D eigenvalue weighted by molar-refractivity contribution is 0.102. The van der Waals surface area contributed by atoms with Crippen LogP contribution < -0.4 is 10.6 Å². The third-order valence-electron chi connectivity index (χ3n) is 3.21. The lowest BCUT2D eigenvalue weighted by atomic mass is 10.3. The Hall–Kier alpha value is -2.25. The number of carbonyl (C=O) groups is 1. The van der Waals surface area contributed by atoms with E-state index in [0.717, 1.165) is 5.69 Å². The average molecular weight is 406 g/mol. The van der Waals surface area contributed by atoms with Crippen molar-refractivity contribution in [2.24, 2.45) is 0 Å². The van der Waals surface area contributed by atoms with Gasteiger partial charge < -0.3 is 10.6 Å². The van der Waals surface area contributed by atoms with Crippen LogP contribution in [0, 0.1) is 12.7 Å². The number of halogens is 2. The minimum atomic E-state index is -0.498. The molecule has 0 unspecified atom stereocenters. The number of aromatic nitrogens is 1. The Morgan fingerprint density at radius 1 is 1.21 bits per heavy atom. The number of aryl methyl sites for hydroxylation is 1. The van der Waals surface area contributed by atoms with Crippen LogP contribution in [0.15, 0.2) is 53.0 Å². The zero-order chi connectivity index (χ0) is 17.1. The molecular weight excluding hydrogens is 393 g/mol. The normalized spacial score (nSPS) is 10.5. The smallest absolute Gasteiger partial charge is 0.267 e. The zero-order valence-corrected chi connectivity index (χ0v) is 15.0. The largest absolute Gasteiger partial charge is 0.332 e. The molecule has 7 heteroatoms. The Bertz CT molecular complexity index is 883. The predicted octanol–water partition coefficient (Wildman–Crippen LogP) is 5.35. The molecule has 0 radical (unpaired) electrons. The summed E-state index contributed by atoms with van der Waals surface area (Å²) >= 11 is 4.41. The van der Waals surface area contributed by atoms with Crippen molar-refractivity contribution in [2.45, 2.75) is 6.92 Å². The number of para-hydroxylation sites is 1. The van der Waals surface area contributed by atoms with Crippen molar-refractivity contribution in [3.8, 4) is 0 Å². The van der Waals surface area contributed by atoms with E-state index in [0.29, 0.717) is 20.2 Å². The SMILES string of the molecule is Cc1nc(Nc2ccccc2)sc1C(=O)Nc1ccc(Br)cc1F. The maximum atomic E-state index is 13.9. The molecule has 1 heterocycles. The Kier molecular flexibility index (Phi) is 4.92. The zero-order valence-electron chi connectivity index (χ0n) is 12.6. The minimum Gasteiger partial charge on any atom is -0.332 e. The fourth-order valence-electron chi connectivity index (χ4n) is 2.08. The summed E-state index contributed by atoms with van der Waals surface area (Å²) in [6.07, 6.45) is 0. The number of amides is 1. The molecule has 24 heavy (non-hydrogen) atoms. The second kappa shape index (κ2) is 7.11. The number of anilines is 3. The molecular formula is C17H13BrFN3OS. The van der Waals surface area contributed by atoms with Crippen LogP contribution in [0.2, 0.25) is 0 Å². The Labute approximate surface area is 150 Å². The maximum absolute atomic E-state index is 13.9. The number of hydrogen-bond acceptors (Lipinski definition) is 4. The summed E-state index contributed by atoms with van der Waals surface area (Å²) in [4.78, 5) is 17.2. The number of thiazole rings is 1. The van der Waals surface area contributed by atoms with Crippen LogP contribution in [0.4, 0.5) is 20.9 Å². The third-order valence-corrected chi connectivity index (χ3v) is 4.77. The molecule has 0 aliphatic rings. The van der Waals surface area contributed by atoms with E-state index in [1.54, 1.807) is 13.0 Å². The van der Waals surface area contributed by atoms with Crippen molar-refractivity contribution < 1.29 is 9.18 Å². The van der Waals surface area contributed by atoms with Crippen molar-refractivity contribution in [1.82, 2.24) is 4.98 Å². The van der Waals surface area contributed by atoms with E-state index in [1.165, 1.54) is 23.5 Å². The molecule has 0 saturated heterocycles. The number of rotatable bonds is 4. The second-order valence-corrected chi connectivity index (χ2v) is 6.92. The van der Waals surface area contributed by atoms with Crippen molar-refractivity contribution in [3.05, 3.63) is 69.4 Å². The highest BCUT2D eigenvalue weighted by Crippen LogP contribution is 2.27. The number of carbonyl (C=O) groups excluding carboxylic acids is 1. The molecule has 0 bridgehead atoms. The van der Waals surface area contributed by atoms with Crippen molar-refractivity contribution in [1.29, 1.82) is 0 Å². The van der Waals surface area contributed by atoms with Crippen LogP contribution in [-0.4, -0.2) is 10.9 Å². The van der Waals surface area contributed by atoms with E-state index in [-0.39, 0.29) is 11.6 Å². The number of benzene rings is 2. The lowest BCUT2D eigenvalue weighted by Crippen LogP contribution is -2.12. The van der Waals surface area contributed by atoms with Gasteiger partial charge in [0.05, 0.1) is 11.4 Å². The summed E-state index contributed by atoms with van der Waals surface area (Å²) in [5.74, 6) is -0.880. The maximum Gasteiger partial charge on any atom is 0.267 e. The topological polar surface area (TPSA) is 54.0 Å². The Morgan fingerprint density at radius 3 is 2.67 bits per heavy atom. The summed E-state index contributed by atoms with van der Waals surface area (Å²) in [7, 11) is 0. The first-order chi connectivity index (χ1) is 11.5. The number of nitrogens with one attached hydrogen (secondary N) is 2. The van der Waals surface area contributed by atoms with Gasteiger partial charge in [-0.15, -0.1) is 0 Å². The molecule has 0 fully saturated rings. The Balaban J connectivity index is 1.78. The van der Waals surface area contributed by atoms with Gasteiger partial charge >= 0.3 is 0 Å². The summed E-state index contributed by atoms with van der Waals surface area (Å²) in [6.45, 7) is 1.75. The van der Waals surface area contributed by atoms with E-state index < -0.39 is 5.82 Å². The van der Waals surface area contributed by atoms with Crippen LogP contribution in [0.3, 0.4) is 0 Å². The molecule has 4 nitrogen and oxygen atoms in total. The quantitative estimate of drug-likeness (QED) is 0.614. The van der Waals surface area contributed by atoms with Crippen LogP contribution in [0.25, 0.3) is 0 Å². The summed E-state index contributed by atoms with van der Waals surface area (Å²) in [5, 5.41) is 6.34. The van der Waals surface area contributed by atoms with Gasteiger partial charge in [-0.25, -0.2) is 9.37 Å². The van der Waals surface area contributed by atoms with E-state index in [2.05, 4.69) is 31.5 Å². The van der Waals surface area contributed by atoms with E-state index in [9.17, 15) is 9.18 Å². The summed E-state index contributed by atoms with van der Waals surface area (Å²) in [6, 6.07) is 14.0. The number of nitrogens with zero attached hydrogens (tertiary/aromatic N) is 1. The third kappa shape index (κ3) is 3.80. The first-order valence-corrected chi connectivity index (χ1v) is 8.70. The highest BCUT2D eigenvalue weighted by molar-refractivity contribution is 9.10. The van der Waals surface area contributed by atoms with Gasteiger partial charge in [-0.05, 0) is 37.3 Å². The molecule has 2 aromatic carbocycles. The van der Waals surface area contributed by atoms with Gasteiger partial charge in [-0.2, -0.15) is 0 Å². The highest BCUT2D eigenvalue weighted by Gasteiger charge is 2.17. The molecule has 0 saturated carbocycles. The highest BCUT2D eigenvalue weighted by atomic mass is 79.9. The molecule has 0 atom stereocenters. The van der Waals surface area contributed by atoms with Crippen molar-refractivity contribution in [2.75, 3.05) is 10.6 Å². The molecule has 1 aromatic heterocycles. The molecule has 3 rings (SSSR count). The molecule has 122 valence electrons. The average Bonchev–Trinajstić information content (AvgIpc) is 2.91. The molecule has 0 aliphatic carbocycles. The van der Waals surface area contributed by atoms with E-state index >= 15 is 0 Å². The van der Waals surface area contributed by atoms with Gasteiger partial charge in [-0.1, -0.05) is 45.5 Å². The molecule has 0 aliphatic heterocycles. The van der Waals surface area contributed by atoms with Gasteiger partial charge in [0, 0.05) is 10.2 Å². The van der Waals surface area contributed by atoms with Gasteiger partial charge in [0.25, 0.3) is 5.91 Å². The van der Waals surface area contributed by atoms with Crippen LogP contribution in [0.5, 0.6) is 0 Å².